The molecule has 0 saturated carbocycles. The van der Waals surface area contributed by atoms with Crippen LogP contribution in [-0.2, 0) is 14.8 Å². The Labute approximate surface area is 131 Å². The second-order valence-electron chi connectivity index (χ2n) is 4.38. The molecule has 0 aliphatic carbocycles. The molecule has 0 bridgehead atoms. The lowest BCUT2D eigenvalue weighted by atomic mass is 10.2. The van der Waals surface area contributed by atoms with Gasteiger partial charge in [-0.3, -0.25) is 0 Å². The van der Waals surface area contributed by atoms with E-state index in [0.29, 0.717) is 4.47 Å². The Kier molecular flexibility index (Phi) is 4.53. The molecule has 5 nitrogen and oxygen atoms in total. The van der Waals surface area contributed by atoms with Crippen molar-refractivity contribution in [2.24, 2.45) is 0 Å². The van der Waals surface area contributed by atoms with E-state index in [4.69, 9.17) is 4.74 Å². The highest BCUT2D eigenvalue weighted by atomic mass is 79.9. The van der Waals surface area contributed by atoms with Crippen LogP contribution in [0.25, 0.3) is 0 Å². The van der Waals surface area contributed by atoms with Crippen molar-refractivity contribution in [3.05, 3.63) is 52.3 Å². The lowest BCUT2D eigenvalue weighted by Gasteiger charge is -2.10. The molecule has 0 radical (unpaired) electrons. The topological polar surface area (TPSA) is 65.4 Å². The van der Waals surface area contributed by atoms with Crippen LogP contribution in [0.15, 0.2) is 45.9 Å². The van der Waals surface area contributed by atoms with Crippen LogP contribution in [0.4, 0.5) is 0 Å². The average molecular weight is 372 g/mol. The van der Waals surface area contributed by atoms with Crippen LogP contribution in [0.1, 0.15) is 23.0 Å². The molecule has 2 rings (SSSR count). The van der Waals surface area contributed by atoms with E-state index in [1.807, 2.05) is 6.92 Å². The maximum Gasteiger partial charge on any atom is 0.356 e. The summed E-state index contributed by atoms with van der Waals surface area (Å²) < 4.78 is 31.5. The zero-order chi connectivity index (χ0) is 15.6. The van der Waals surface area contributed by atoms with Crippen molar-refractivity contribution >= 4 is 31.9 Å². The Morgan fingerprint density at radius 1 is 1.29 bits per heavy atom. The third-order valence-corrected chi connectivity index (χ3v) is 4.94. The van der Waals surface area contributed by atoms with Crippen LogP contribution in [0.2, 0.25) is 0 Å². The summed E-state index contributed by atoms with van der Waals surface area (Å²) in [5.41, 5.74) is 0.914. The summed E-state index contributed by atoms with van der Waals surface area (Å²) >= 11 is 3.19. The van der Waals surface area contributed by atoms with Gasteiger partial charge >= 0.3 is 5.97 Å². The first-order chi connectivity index (χ1) is 9.86. The predicted molar refractivity (Wildman–Crippen MR) is 81.9 cm³/mol. The molecule has 0 aliphatic heterocycles. The molecule has 1 aromatic carbocycles. The molecule has 112 valence electrons. The van der Waals surface area contributed by atoms with E-state index in [9.17, 15) is 13.2 Å². The maximum absolute atomic E-state index is 12.6. The standard InChI is InChI=1S/C14H14BrNO4S/c1-3-20-14(17)13-8-11(15)9-16(13)21(18,19)12-6-4-10(2)5-7-12/h4-9H,3H2,1-2H3. The Morgan fingerprint density at radius 2 is 1.90 bits per heavy atom. The molecule has 1 heterocycles. The summed E-state index contributed by atoms with van der Waals surface area (Å²) in [6.07, 6.45) is 1.33. The number of aromatic nitrogens is 1. The van der Waals surface area contributed by atoms with Gasteiger partial charge in [0.15, 0.2) is 0 Å². The lowest BCUT2D eigenvalue weighted by molar-refractivity contribution is 0.0518. The Balaban J connectivity index is 2.55. The summed E-state index contributed by atoms with van der Waals surface area (Å²) in [6.45, 7) is 3.70. The quantitative estimate of drug-likeness (QED) is 0.774. The van der Waals surface area contributed by atoms with Gasteiger partial charge < -0.3 is 4.74 Å². The van der Waals surface area contributed by atoms with Gasteiger partial charge in [-0.2, -0.15) is 0 Å². The van der Waals surface area contributed by atoms with Gasteiger partial charge in [0.1, 0.15) is 5.69 Å². The number of carbonyl (C=O) groups is 1. The molecule has 2 aromatic rings. The van der Waals surface area contributed by atoms with E-state index in [2.05, 4.69) is 15.9 Å². The molecule has 0 saturated heterocycles. The largest absolute Gasteiger partial charge is 0.461 e. The molecule has 7 heteroatoms. The van der Waals surface area contributed by atoms with Gasteiger partial charge in [0, 0.05) is 10.7 Å². The number of hydrogen-bond donors (Lipinski definition) is 0. The van der Waals surface area contributed by atoms with Crippen LogP contribution in [0.5, 0.6) is 0 Å². The van der Waals surface area contributed by atoms with Crippen molar-refractivity contribution in [2.75, 3.05) is 6.61 Å². The maximum atomic E-state index is 12.6. The monoisotopic (exact) mass is 371 g/mol. The third-order valence-electron chi connectivity index (χ3n) is 2.81. The molecule has 0 spiro atoms. The van der Waals surface area contributed by atoms with Crippen LogP contribution < -0.4 is 0 Å². The van der Waals surface area contributed by atoms with E-state index in [1.54, 1.807) is 19.1 Å². The van der Waals surface area contributed by atoms with Gasteiger partial charge in [0.25, 0.3) is 10.0 Å². The van der Waals surface area contributed by atoms with Crippen LogP contribution in [-0.4, -0.2) is 25.0 Å². The van der Waals surface area contributed by atoms with Crippen LogP contribution >= 0.6 is 15.9 Å². The highest BCUT2D eigenvalue weighted by Crippen LogP contribution is 2.22. The summed E-state index contributed by atoms with van der Waals surface area (Å²) in [7, 11) is -3.84. The minimum Gasteiger partial charge on any atom is -0.461 e. The molecular weight excluding hydrogens is 358 g/mol. The molecule has 0 fully saturated rings. The number of hydrogen-bond acceptors (Lipinski definition) is 4. The number of nitrogens with zero attached hydrogens (tertiary/aromatic N) is 1. The molecular formula is C14H14BrNO4S. The Morgan fingerprint density at radius 3 is 2.48 bits per heavy atom. The van der Waals surface area contributed by atoms with Gasteiger partial charge in [-0.05, 0) is 48.0 Å². The van der Waals surface area contributed by atoms with Gasteiger partial charge in [0.2, 0.25) is 0 Å². The molecule has 21 heavy (non-hydrogen) atoms. The smallest absolute Gasteiger partial charge is 0.356 e. The van der Waals surface area contributed by atoms with E-state index in [-0.39, 0.29) is 17.2 Å². The fraction of sp³-hybridized carbons (Fsp3) is 0.214. The van der Waals surface area contributed by atoms with Gasteiger partial charge in [0.05, 0.1) is 11.5 Å². The number of rotatable bonds is 4. The summed E-state index contributed by atoms with van der Waals surface area (Å²) in [5, 5.41) is 0. The number of benzene rings is 1. The van der Waals surface area contributed by atoms with Gasteiger partial charge in [-0.15, -0.1) is 0 Å². The zero-order valence-corrected chi connectivity index (χ0v) is 13.9. The highest BCUT2D eigenvalue weighted by molar-refractivity contribution is 9.10. The average Bonchev–Trinajstić information content (AvgIpc) is 2.82. The fourth-order valence-electron chi connectivity index (χ4n) is 1.79. The summed E-state index contributed by atoms with van der Waals surface area (Å²) in [6, 6.07) is 7.84. The minimum atomic E-state index is -3.84. The SMILES string of the molecule is CCOC(=O)c1cc(Br)cn1S(=O)(=O)c1ccc(C)cc1. The number of esters is 1. The number of halogens is 1. The molecule has 0 amide bonds. The first-order valence-electron chi connectivity index (χ1n) is 6.23. The van der Waals surface area contributed by atoms with E-state index in [0.717, 1.165) is 9.54 Å². The van der Waals surface area contributed by atoms with Crippen molar-refractivity contribution in [3.63, 3.8) is 0 Å². The molecule has 0 aliphatic rings. The summed E-state index contributed by atoms with van der Waals surface area (Å²) in [5.74, 6) is -0.682. The second kappa shape index (κ2) is 6.03. The van der Waals surface area contributed by atoms with Crippen molar-refractivity contribution in [2.45, 2.75) is 18.7 Å². The Hall–Kier alpha value is -1.60. The first-order valence-corrected chi connectivity index (χ1v) is 8.47. The molecule has 0 unspecified atom stereocenters. The Bertz CT molecular complexity index is 763. The zero-order valence-electron chi connectivity index (χ0n) is 11.5. The number of carbonyl (C=O) groups excluding carboxylic acids is 1. The van der Waals surface area contributed by atoms with E-state index >= 15 is 0 Å². The molecule has 1 aromatic heterocycles. The first kappa shape index (κ1) is 15.8. The van der Waals surface area contributed by atoms with Crippen molar-refractivity contribution < 1.29 is 17.9 Å². The molecule has 0 atom stereocenters. The van der Waals surface area contributed by atoms with Gasteiger partial charge in [-0.25, -0.2) is 17.2 Å². The van der Waals surface area contributed by atoms with Crippen LogP contribution in [0, 0.1) is 6.92 Å². The van der Waals surface area contributed by atoms with E-state index < -0.39 is 16.0 Å². The van der Waals surface area contributed by atoms with Crippen molar-refractivity contribution in [1.82, 2.24) is 3.97 Å². The summed E-state index contributed by atoms with van der Waals surface area (Å²) in [4.78, 5) is 12.0. The van der Waals surface area contributed by atoms with Gasteiger partial charge in [-0.1, -0.05) is 17.7 Å². The van der Waals surface area contributed by atoms with Crippen LogP contribution in [0.3, 0.4) is 0 Å². The van der Waals surface area contributed by atoms with Crippen molar-refractivity contribution in [3.8, 4) is 0 Å². The minimum absolute atomic E-state index is 0.0377. The second-order valence-corrected chi connectivity index (χ2v) is 7.11. The highest BCUT2D eigenvalue weighted by Gasteiger charge is 2.24. The fourth-order valence-corrected chi connectivity index (χ4v) is 3.69. The van der Waals surface area contributed by atoms with Crippen molar-refractivity contribution in [1.29, 1.82) is 0 Å². The number of ether oxygens (including phenoxy) is 1. The normalized spacial score (nSPS) is 11.4. The molecule has 0 N–H and O–H groups in total. The van der Waals surface area contributed by atoms with E-state index in [1.165, 1.54) is 24.4 Å². The third kappa shape index (κ3) is 3.19. The lowest BCUT2D eigenvalue weighted by Crippen LogP contribution is -2.19. The number of aryl methyl sites for hydroxylation is 1. The predicted octanol–water partition coefficient (Wildman–Crippen LogP) is 2.97.